The SMILES string of the molecule is FC(Cl)(Br)C(=C(Br)Br)c1ccc2ccccc2c1. The second-order valence-corrected chi connectivity index (χ2v) is 8.42. The van der Waals surface area contributed by atoms with E-state index in [0.717, 1.165) is 10.8 Å². The number of halogens is 5. The maximum absolute atomic E-state index is 14.0. The van der Waals surface area contributed by atoms with Gasteiger partial charge in [-0.25, -0.2) is 4.39 Å². The number of hydrogen-bond acceptors (Lipinski definition) is 0. The molecule has 0 N–H and O–H groups in total. The molecule has 1 atom stereocenters. The van der Waals surface area contributed by atoms with Crippen molar-refractivity contribution in [3.8, 4) is 0 Å². The zero-order valence-corrected chi connectivity index (χ0v) is 14.4. The minimum absolute atomic E-state index is 0.301. The Morgan fingerprint density at radius 2 is 1.67 bits per heavy atom. The van der Waals surface area contributed by atoms with Gasteiger partial charge in [0.1, 0.15) is 0 Å². The molecule has 0 aromatic heterocycles. The molecule has 0 radical (unpaired) electrons. The highest BCUT2D eigenvalue weighted by Crippen LogP contribution is 2.45. The lowest BCUT2D eigenvalue weighted by molar-refractivity contribution is 0.493. The molecule has 0 spiro atoms. The van der Waals surface area contributed by atoms with Crippen LogP contribution in [0.2, 0.25) is 0 Å². The van der Waals surface area contributed by atoms with Crippen molar-refractivity contribution in [1.82, 2.24) is 0 Å². The molecule has 2 aromatic carbocycles. The zero-order valence-electron chi connectivity index (χ0n) is 8.93. The van der Waals surface area contributed by atoms with Gasteiger partial charge in [0.05, 0.1) is 3.39 Å². The normalized spacial score (nSPS) is 14.3. The van der Waals surface area contributed by atoms with E-state index in [2.05, 4.69) is 47.8 Å². The summed E-state index contributed by atoms with van der Waals surface area (Å²) in [5, 5.41) is 2.13. The van der Waals surface area contributed by atoms with Gasteiger partial charge in [-0.15, -0.1) is 0 Å². The lowest BCUT2D eigenvalue weighted by atomic mass is 10.0. The second kappa shape index (κ2) is 5.61. The Kier molecular flexibility index (Phi) is 4.52. The number of rotatable bonds is 2. The van der Waals surface area contributed by atoms with E-state index in [1.807, 2.05) is 42.5 Å². The van der Waals surface area contributed by atoms with Gasteiger partial charge in [-0.05, 0) is 70.2 Å². The fourth-order valence-corrected chi connectivity index (χ4v) is 4.12. The van der Waals surface area contributed by atoms with E-state index in [0.29, 0.717) is 14.5 Å². The number of benzene rings is 2. The lowest BCUT2D eigenvalue weighted by Gasteiger charge is -2.16. The highest BCUT2D eigenvalue weighted by atomic mass is 79.9. The molecule has 0 bridgehead atoms. The minimum Gasteiger partial charge on any atom is -0.208 e. The van der Waals surface area contributed by atoms with E-state index in [-0.39, 0.29) is 0 Å². The van der Waals surface area contributed by atoms with Gasteiger partial charge in [0.2, 0.25) is 0 Å². The van der Waals surface area contributed by atoms with Crippen molar-refractivity contribution >= 4 is 75.7 Å². The highest BCUT2D eigenvalue weighted by molar-refractivity contribution is 9.28. The van der Waals surface area contributed by atoms with Gasteiger partial charge < -0.3 is 0 Å². The predicted octanol–water partition coefficient (Wildman–Crippen LogP) is 6.56. The van der Waals surface area contributed by atoms with E-state index in [1.54, 1.807) is 0 Å². The molecule has 0 aliphatic heterocycles. The fraction of sp³-hybridized carbons (Fsp3) is 0.0769. The molecule has 0 saturated carbocycles. The van der Waals surface area contributed by atoms with Crippen molar-refractivity contribution in [2.75, 3.05) is 0 Å². The third-order valence-electron chi connectivity index (χ3n) is 2.51. The van der Waals surface area contributed by atoms with Crippen LogP contribution in [0.4, 0.5) is 4.39 Å². The Morgan fingerprint density at radius 1 is 1.06 bits per heavy atom. The standard InChI is InChI=1S/C13H7Br3ClF/c14-12(15)11(13(16,17)18)10-6-5-8-3-1-2-4-9(8)7-10/h1-7H. The van der Waals surface area contributed by atoms with Gasteiger partial charge in [0.15, 0.2) is 0 Å². The molecule has 0 amide bonds. The Hall–Kier alpha value is 0.100. The van der Waals surface area contributed by atoms with Crippen LogP contribution in [0.15, 0.2) is 45.9 Å². The topological polar surface area (TPSA) is 0 Å². The first-order valence-electron chi connectivity index (χ1n) is 5.01. The average Bonchev–Trinajstić information content (AvgIpc) is 2.26. The summed E-state index contributed by atoms with van der Waals surface area (Å²) in [5.74, 6) is 0. The number of hydrogen-bond donors (Lipinski definition) is 0. The smallest absolute Gasteiger partial charge is 0.208 e. The first kappa shape index (κ1) is 14.5. The third kappa shape index (κ3) is 3.16. The first-order chi connectivity index (χ1) is 8.39. The molecule has 5 heteroatoms. The Balaban J connectivity index is 2.64. The van der Waals surface area contributed by atoms with Gasteiger partial charge in [-0.2, -0.15) is 0 Å². The van der Waals surface area contributed by atoms with Crippen LogP contribution in [0, 0.1) is 0 Å². The van der Waals surface area contributed by atoms with E-state index in [4.69, 9.17) is 11.6 Å². The lowest BCUT2D eigenvalue weighted by Crippen LogP contribution is -2.07. The quantitative estimate of drug-likeness (QED) is 0.449. The monoisotopic (exact) mass is 454 g/mol. The van der Waals surface area contributed by atoms with Gasteiger partial charge in [-0.1, -0.05) is 48.0 Å². The average molecular weight is 457 g/mol. The van der Waals surface area contributed by atoms with Gasteiger partial charge >= 0.3 is 0 Å². The van der Waals surface area contributed by atoms with E-state index in [1.165, 1.54) is 0 Å². The van der Waals surface area contributed by atoms with Crippen molar-refractivity contribution in [3.63, 3.8) is 0 Å². The van der Waals surface area contributed by atoms with Crippen molar-refractivity contribution in [2.45, 2.75) is 4.04 Å². The molecule has 2 aromatic rings. The van der Waals surface area contributed by atoms with Crippen LogP contribution in [-0.4, -0.2) is 4.04 Å². The molecule has 0 fully saturated rings. The molecule has 2 rings (SSSR count). The molecule has 0 nitrogen and oxygen atoms in total. The minimum atomic E-state index is -2.13. The summed E-state index contributed by atoms with van der Waals surface area (Å²) in [5.41, 5.74) is 1.00. The van der Waals surface area contributed by atoms with E-state index >= 15 is 0 Å². The number of fused-ring (bicyclic) bond motifs is 1. The molecule has 0 aliphatic carbocycles. The van der Waals surface area contributed by atoms with Crippen LogP contribution in [0.3, 0.4) is 0 Å². The van der Waals surface area contributed by atoms with Gasteiger partial charge in [0, 0.05) is 5.57 Å². The van der Waals surface area contributed by atoms with E-state index in [9.17, 15) is 4.39 Å². The van der Waals surface area contributed by atoms with Crippen LogP contribution in [-0.2, 0) is 0 Å². The van der Waals surface area contributed by atoms with Crippen LogP contribution >= 0.6 is 59.4 Å². The Morgan fingerprint density at radius 3 is 2.22 bits per heavy atom. The van der Waals surface area contributed by atoms with Crippen LogP contribution in [0.25, 0.3) is 16.3 Å². The van der Waals surface area contributed by atoms with Crippen LogP contribution in [0.1, 0.15) is 5.56 Å². The van der Waals surface area contributed by atoms with Crippen molar-refractivity contribution < 1.29 is 4.39 Å². The van der Waals surface area contributed by atoms with E-state index < -0.39 is 4.04 Å². The fourth-order valence-electron chi connectivity index (χ4n) is 1.72. The van der Waals surface area contributed by atoms with Crippen molar-refractivity contribution in [2.24, 2.45) is 0 Å². The molecule has 0 saturated heterocycles. The summed E-state index contributed by atoms with van der Waals surface area (Å²) >= 11 is 15.0. The second-order valence-electron chi connectivity index (χ2n) is 3.70. The maximum Gasteiger partial charge on any atom is 0.265 e. The molecule has 0 heterocycles. The summed E-state index contributed by atoms with van der Waals surface area (Å²) in [7, 11) is 0. The molecular formula is C13H7Br3ClF. The molecular weight excluding hydrogens is 450 g/mol. The van der Waals surface area contributed by atoms with Gasteiger partial charge in [-0.3, -0.25) is 0 Å². The molecule has 0 aliphatic rings. The molecule has 1 unspecified atom stereocenters. The number of alkyl halides is 3. The Bertz CT molecular complexity index is 613. The highest BCUT2D eigenvalue weighted by Gasteiger charge is 2.31. The third-order valence-corrected chi connectivity index (χ3v) is 3.89. The van der Waals surface area contributed by atoms with Crippen molar-refractivity contribution in [1.29, 1.82) is 0 Å². The summed E-state index contributed by atoms with van der Waals surface area (Å²) < 4.78 is 12.3. The van der Waals surface area contributed by atoms with Gasteiger partial charge in [0.25, 0.3) is 4.04 Å². The number of allylic oxidation sites excluding steroid dienone is 1. The first-order valence-corrected chi connectivity index (χ1v) is 7.77. The summed E-state index contributed by atoms with van der Waals surface area (Å²) in [6, 6.07) is 13.5. The molecule has 94 valence electrons. The predicted molar refractivity (Wildman–Crippen MR) is 87.3 cm³/mol. The Labute approximate surface area is 135 Å². The largest absolute Gasteiger partial charge is 0.265 e. The maximum atomic E-state index is 14.0. The summed E-state index contributed by atoms with van der Waals surface area (Å²) in [4.78, 5) is 0. The zero-order chi connectivity index (χ0) is 13.3. The van der Waals surface area contributed by atoms with Crippen LogP contribution in [0.5, 0.6) is 0 Å². The molecule has 18 heavy (non-hydrogen) atoms. The van der Waals surface area contributed by atoms with Crippen molar-refractivity contribution in [3.05, 3.63) is 51.4 Å². The summed E-state index contributed by atoms with van der Waals surface area (Å²) in [6.45, 7) is 0. The summed E-state index contributed by atoms with van der Waals surface area (Å²) in [6.07, 6.45) is 0. The van der Waals surface area contributed by atoms with Crippen LogP contribution < -0.4 is 0 Å².